The van der Waals surface area contributed by atoms with Gasteiger partial charge in [-0.3, -0.25) is 0 Å². The first-order valence-corrected chi connectivity index (χ1v) is 11.7. The van der Waals surface area contributed by atoms with Crippen molar-refractivity contribution in [1.29, 1.82) is 0 Å². The van der Waals surface area contributed by atoms with Gasteiger partial charge in [0.05, 0.1) is 0 Å². The molecule has 35 heavy (non-hydrogen) atoms. The lowest BCUT2D eigenvalue weighted by molar-refractivity contribution is 0.589. The van der Waals surface area contributed by atoms with E-state index in [2.05, 4.69) is 58.9 Å². The van der Waals surface area contributed by atoms with Gasteiger partial charge in [0.15, 0.2) is 5.58 Å². The average molecular weight is 459 g/mol. The van der Waals surface area contributed by atoms with Crippen LogP contribution in [0.4, 0.5) is 4.39 Å². The van der Waals surface area contributed by atoms with E-state index in [1.165, 1.54) is 33.9 Å². The molecule has 0 unspecified atom stereocenters. The Morgan fingerprint density at radius 3 is 2.00 bits per heavy atom. The minimum Gasteiger partial charge on any atom is -0.437 e. The molecular formula is C31H23FN2O. The number of hydrogen-bond donors (Lipinski definition) is 0. The lowest BCUT2D eigenvalue weighted by Gasteiger charge is -2.04. The summed E-state index contributed by atoms with van der Waals surface area (Å²) in [5.41, 5.74) is 7.21. The van der Waals surface area contributed by atoms with Crippen LogP contribution in [0.1, 0.15) is 29.5 Å². The van der Waals surface area contributed by atoms with Crippen LogP contribution in [-0.4, -0.2) is 9.55 Å². The number of rotatable bonds is 5. The molecule has 0 saturated carbocycles. The first-order valence-electron chi connectivity index (χ1n) is 11.7. The molecule has 170 valence electrons. The first kappa shape index (κ1) is 21.1. The van der Waals surface area contributed by atoms with Crippen LogP contribution in [0.3, 0.4) is 0 Å². The Kier molecular flexibility index (Phi) is 5.27. The van der Waals surface area contributed by atoms with Gasteiger partial charge in [-0.2, -0.15) is 0 Å². The number of hydrogen-bond acceptors (Lipinski definition) is 2. The van der Waals surface area contributed by atoms with Gasteiger partial charge in [-0.05, 0) is 66.1 Å². The van der Waals surface area contributed by atoms with E-state index in [1.54, 1.807) is 12.1 Å². The summed E-state index contributed by atoms with van der Waals surface area (Å²) in [6.07, 6.45) is 8.03. The zero-order valence-corrected chi connectivity index (χ0v) is 19.3. The molecule has 0 aliphatic carbocycles. The number of nitrogens with zero attached hydrogens (tertiary/aromatic N) is 2. The Labute approximate surface area is 202 Å². The maximum atomic E-state index is 13.2. The van der Waals surface area contributed by atoms with E-state index in [4.69, 9.17) is 4.42 Å². The van der Waals surface area contributed by atoms with Crippen LogP contribution in [0.15, 0.2) is 89.3 Å². The Morgan fingerprint density at radius 2 is 1.34 bits per heavy atom. The summed E-state index contributed by atoms with van der Waals surface area (Å²) in [5, 5.41) is 2.46. The van der Waals surface area contributed by atoms with Crippen LogP contribution in [0.2, 0.25) is 0 Å². The van der Waals surface area contributed by atoms with Crippen molar-refractivity contribution in [3.05, 3.63) is 113 Å². The van der Waals surface area contributed by atoms with Gasteiger partial charge in [0.25, 0.3) is 0 Å². The molecule has 0 radical (unpaired) electrons. The van der Waals surface area contributed by atoms with Gasteiger partial charge in [-0.25, -0.2) is 9.37 Å². The topological polar surface area (TPSA) is 31.0 Å². The average Bonchev–Trinajstić information content (AvgIpc) is 3.44. The standard InChI is InChI=1S/C31H23FN2O/c1-2-34-28-19-22(8-7-21-9-14-24(32)15-10-21)11-16-25(28)26-17-12-23(20-29(26)34)13-18-31-33-27-5-3-4-6-30(27)35-31/h3-20H,2H2,1H3/b8-7+,18-13+. The molecule has 6 aromatic rings. The summed E-state index contributed by atoms with van der Waals surface area (Å²) in [7, 11) is 0. The molecule has 2 heterocycles. The number of para-hydroxylation sites is 2. The fraction of sp³-hybridized carbons (Fsp3) is 0.0645. The van der Waals surface area contributed by atoms with Gasteiger partial charge < -0.3 is 8.98 Å². The van der Waals surface area contributed by atoms with Crippen molar-refractivity contribution in [3.63, 3.8) is 0 Å². The van der Waals surface area contributed by atoms with Crippen LogP contribution in [-0.2, 0) is 6.54 Å². The van der Waals surface area contributed by atoms with Crippen molar-refractivity contribution in [2.75, 3.05) is 0 Å². The van der Waals surface area contributed by atoms with Crippen LogP contribution < -0.4 is 0 Å². The van der Waals surface area contributed by atoms with Gasteiger partial charge in [0, 0.05) is 34.4 Å². The van der Waals surface area contributed by atoms with Gasteiger partial charge in [-0.1, -0.05) is 60.7 Å². The zero-order chi connectivity index (χ0) is 23.8. The lowest BCUT2D eigenvalue weighted by Crippen LogP contribution is -1.93. The molecule has 0 atom stereocenters. The molecule has 4 aromatic carbocycles. The molecule has 0 aliphatic heterocycles. The molecule has 6 rings (SSSR count). The van der Waals surface area contributed by atoms with Crippen LogP contribution in [0.5, 0.6) is 0 Å². The molecular weight excluding hydrogens is 435 g/mol. The van der Waals surface area contributed by atoms with Crippen molar-refractivity contribution >= 4 is 57.2 Å². The predicted molar refractivity (Wildman–Crippen MR) is 143 cm³/mol. The molecule has 3 nitrogen and oxygen atoms in total. The largest absolute Gasteiger partial charge is 0.437 e. The summed E-state index contributed by atoms with van der Waals surface area (Å²) >= 11 is 0. The maximum absolute atomic E-state index is 13.2. The Balaban J connectivity index is 1.36. The summed E-state index contributed by atoms with van der Waals surface area (Å²) in [4.78, 5) is 4.53. The molecule has 0 bridgehead atoms. The Morgan fingerprint density at radius 1 is 0.743 bits per heavy atom. The van der Waals surface area contributed by atoms with Gasteiger partial charge in [0.2, 0.25) is 5.89 Å². The second-order valence-electron chi connectivity index (χ2n) is 8.54. The highest BCUT2D eigenvalue weighted by atomic mass is 19.1. The number of halogens is 1. The number of fused-ring (bicyclic) bond motifs is 4. The van der Waals surface area contributed by atoms with Crippen molar-refractivity contribution in [1.82, 2.24) is 9.55 Å². The SMILES string of the molecule is CCn1c2cc(/C=C/c3ccc(F)cc3)ccc2c2ccc(/C=C/c3nc4ccccc4o3)cc21. The zero-order valence-electron chi connectivity index (χ0n) is 19.3. The fourth-order valence-electron chi connectivity index (χ4n) is 4.57. The Hall–Kier alpha value is -4.44. The Bertz CT molecular complexity index is 1700. The van der Waals surface area contributed by atoms with E-state index in [1.807, 2.05) is 42.5 Å². The molecule has 2 aromatic heterocycles. The maximum Gasteiger partial charge on any atom is 0.220 e. The van der Waals surface area contributed by atoms with E-state index in [9.17, 15) is 4.39 Å². The summed E-state index contributed by atoms with van der Waals surface area (Å²) in [6, 6.07) is 27.4. The normalized spacial score (nSPS) is 12.2. The van der Waals surface area contributed by atoms with E-state index >= 15 is 0 Å². The third kappa shape index (κ3) is 4.04. The third-order valence-electron chi connectivity index (χ3n) is 6.30. The van der Waals surface area contributed by atoms with Crippen LogP contribution in [0, 0.1) is 5.82 Å². The summed E-state index contributed by atoms with van der Waals surface area (Å²) < 4.78 is 21.3. The minimum atomic E-state index is -0.223. The molecule has 0 N–H and O–H groups in total. The second-order valence-corrected chi connectivity index (χ2v) is 8.54. The van der Waals surface area contributed by atoms with Crippen LogP contribution in [0.25, 0.3) is 57.2 Å². The number of oxazole rings is 1. The molecule has 0 fully saturated rings. The summed E-state index contributed by atoms with van der Waals surface area (Å²) in [5.74, 6) is 0.374. The van der Waals surface area contributed by atoms with Crippen molar-refractivity contribution < 1.29 is 8.81 Å². The molecule has 4 heteroatoms. The minimum absolute atomic E-state index is 0.223. The van der Waals surface area contributed by atoms with Crippen molar-refractivity contribution in [2.24, 2.45) is 0 Å². The number of aryl methyl sites for hydroxylation is 1. The fourth-order valence-corrected chi connectivity index (χ4v) is 4.57. The van der Waals surface area contributed by atoms with Crippen molar-refractivity contribution in [3.8, 4) is 0 Å². The number of benzene rings is 4. The first-order chi connectivity index (χ1) is 17.2. The van der Waals surface area contributed by atoms with Gasteiger partial charge in [-0.15, -0.1) is 0 Å². The lowest BCUT2D eigenvalue weighted by atomic mass is 10.1. The second kappa shape index (κ2) is 8.73. The van der Waals surface area contributed by atoms with Gasteiger partial charge in [0.1, 0.15) is 11.3 Å². The monoisotopic (exact) mass is 458 g/mol. The van der Waals surface area contributed by atoms with Gasteiger partial charge >= 0.3 is 0 Å². The van der Waals surface area contributed by atoms with E-state index in [0.29, 0.717) is 5.89 Å². The highest BCUT2D eigenvalue weighted by Crippen LogP contribution is 2.31. The van der Waals surface area contributed by atoms with E-state index in [-0.39, 0.29) is 5.82 Å². The number of aromatic nitrogens is 2. The molecule has 0 aliphatic rings. The smallest absolute Gasteiger partial charge is 0.220 e. The highest BCUT2D eigenvalue weighted by Gasteiger charge is 2.10. The molecule has 0 amide bonds. The van der Waals surface area contributed by atoms with Crippen LogP contribution >= 0.6 is 0 Å². The third-order valence-corrected chi connectivity index (χ3v) is 6.30. The highest BCUT2D eigenvalue weighted by molar-refractivity contribution is 6.09. The van der Waals surface area contributed by atoms with E-state index in [0.717, 1.165) is 34.3 Å². The molecule has 0 saturated heterocycles. The quantitative estimate of drug-likeness (QED) is 0.243. The van der Waals surface area contributed by atoms with Crippen molar-refractivity contribution in [2.45, 2.75) is 13.5 Å². The predicted octanol–water partition coefficient (Wildman–Crippen LogP) is 8.44. The molecule has 0 spiro atoms. The summed E-state index contributed by atoms with van der Waals surface area (Å²) in [6.45, 7) is 3.03. The van der Waals surface area contributed by atoms with E-state index < -0.39 is 0 Å².